The fourth-order valence-electron chi connectivity index (χ4n) is 2.03. The van der Waals surface area contributed by atoms with Gasteiger partial charge in [-0.2, -0.15) is 0 Å². The van der Waals surface area contributed by atoms with Gasteiger partial charge in [0.1, 0.15) is 0 Å². The number of rotatable bonds is 6. The molecule has 0 aliphatic carbocycles. The van der Waals surface area contributed by atoms with Gasteiger partial charge in [0.05, 0.1) is 5.02 Å². The van der Waals surface area contributed by atoms with E-state index < -0.39 is 0 Å². The predicted octanol–water partition coefficient (Wildman–Crippen LogP) is 3.03. The van der Waals surface area contributed by atoms with Gasteiger partial charge in [-0.05, 0) is 42.8 Å². The molecule has 6 heteroatoms. The summed E-state index contributed by atoms with van der Waals surface area (Å²) in [4.78, 5) is 19.8. The lowest BCUT2D eigenvalue weighted by atomic mass is 10.1. The SMILES string of the molecule is CCCc1cc(=O)[nH]c(Sc2c(Cl)cccc2CCN)n1. The molecule has 1 aromatic heterocycles. The molecule has 2 rings (SSSR count). The minimum atomic E-state index is -0.136. The number of benzene rings is 1. The quantitative estimate of drug-likeness (QED) is 0.801. The molecule has 1 aromatic carbocycles. The molecule has 0 fully saturated rings. The maximum Gasteiger partial charge on any atom is 0.251 e. The Morgan fingerprint density at radius 1 is 1.38 bits per heavy atom. The molecule has 0 aliphatic heterocycles. The maximum absolute atomic E-state index is 11.7. The molecule has 21 heavy (non-hydrogen) atoms. The van der Waals surface area contributed by atoms with Gasteiger partial charge in [0.15, 0.2) is 5.16 Å². The summed E-state index contributed by atoms with van der Waals surface area (Å²) in [5.74, 6) is 0. The van der Waals surface area contributed by atoms with Gasteiger partial charge in [0.2, 0.25) is 0 Å². The first-order valence-corrected chi connectivity index (χ1v) is 8.09. The van der Waals surface area contributed by atoms with Crippen LogP contribution in [-0.4, -0.2) is 16.5 Å². The largest absolute Gasteiger partial charge is 0.330 e. The Morgan fingerprint density at radius 2 is 2.19 bits per heavy atom. The van der Waals surface area contributed by atoms with Gasteiger partial charge in [-0.3, -0.25) is 4.79 Å². The number of nitrogens with one attached hydrogen (secondary N) is 1. The molecular formula is C15H18ClN3OS. The zero-order chi connectivity index (χ0) is 15.2. The predicted molar refractivity (Wildman–Crippen MR) is 87.2 cm³/mol. The highest BCUT2D eigenvalue weighted by Crippen LogP contribution is 2.34. The molecule has 0 atom stereocenters. The van der Waals surface area contributed by atoms with E-state index in [1.165, 1.54) is 11.8 Å². The van der Waals surface area contributed by atoms with Gasteiger partial charge in [-0.15, -0.1) is 0 Å². The molecule has 0 unspecified atom stereocenters. The van der Waals surface area contributed by atoms with E-state index in [0.717, 1.165) is 35.4 Å². The summed E-state index contributed by atoms with van der Waals surface area (Å²) >= 11 is 7.66. The molecule has 0 spiro atoms. The topological polar surface area (TPSA) is 71.8 Å². The Balaban J connectivity index is 2.35. The molecule has 0 aliphatic rings. The van der Waals surface area contributed by atoms with Crippen molar-refractivity contribution >= 4 is 23.4 Å². The van der Waals surface area contributed by atoms with E-state index in [-0.39, 0.29) is 5.56 Å². The summed E-state index contributed by atoms with van der Waals surface area (Å²) in [5.41, 5.74) is 7.37. The highest BCUT2D eigenvalue weighted by atomic mass is 35.5. The van der Waals surface area contributed by atoms with Crippen LogP contribution >= 0.6 is 23.4 Å². The zero-order valence-corrected chi connectivity index (χ0v) is 13.4. The van der Waals surface area contributed by atoms with Gasteiger partial charge in [0, 0.05) is 16.7 Å². The lowest BCUT2D eigenvalue weighted by Crippen LogP contribution is -2.10. The minimum absolute atomic E-state index is 0.136. The van der Waals surface area contributed by atoms with Crippen molar-refractivity contribution in [2.45, 2.75) is 36.2 Å². The fourth-order valence-corrected chi connectivity index (χ4v) is 3.32. The Kier molecular flexibility index (Phi) is 5.85. The Hall–Kier alpha value is -1.30. The standard InChI is InChI=1S/C15H18ClN3OS/c1-2-4-11-9-13(20)19-15(18-11)21-14-10(7-8-17)5-3-6-12(14)16/h3,5-6,9H,2,4,7-8,17H2,1H3,(H,18,19,20). The third-order valence-electron chi connectivity index (χ3n) is 2.94. The van der Waals surface area contributed by atoms with Gasteiger partial charge in [-0.1, -0.05) is 37.1 Å². The smallest absolute Gasteiger partial charge is 0.251 e. The highest BCUT2D eigenvalue weighted by molar-refractivity contribution is 7.99. The molecule has 0 amide bonds. The van der Waals surface area contributed by atoms with Crippen LogP contribution < -0.4 is 11.3 Å². The third-order valence-corrected chi connectivity index (χ3v) is 4.44. The molecule has 4 nitrogen and oxygen atoms in total. The van der Waals surface area contributed by atoms with E-state index in [2.05, 4.69) is 16.9 Å². The van der Waals surface area contributed by atoms with Crippen LogP contribution in [0.25, 0.3) is 0 Å². The molecule has 0 saturated heterocycles. The van der Waals surface area contributed by atoms with E-state index in [0.29, 0.717) is 16.7 Å². The second-order valence-corrected chi connectivity index (χ2v) is 6.07. The number of aromatic amines is 1. The van der Waals surface area contributed by atoms with Gasteiger partial charge >= 0.3 is 0 Å². The number of H-pyrrole nitrogens is 1. The minimum Gasteiger partial charge on any atom is -0.330 e. The Bertz CT molecular complexity index is 672. The molecule has 0 saturated carbocycles. The van der Waals surface area contributed by atoms with E-state index in [1.807, 2.05) is 18.2 Å². The van der Waals surface area contributed by atoms with Crippen LogP contribution in [0.4, 0.5) is 0 Å². The average molecular weight is 324 g/mol. The van der Waals surface area contributed by atoms with Crippen molar-refractivity contribution < 1.29 is 0 Å². The lowest BCUT2D eigenvalue weighted by Gasteiger charge is -2.10. The Morgan fingerprint density at radius 3 is 2.90 bits per heavy atom. The van der Waals surface area contributed by atoms with Gasteiger partial charge in [-0.25, -0.2) is 4.98 Å². The lowest BCUT2D eigenvalue weighted by molar-refractivity contribution is 0.815. The van der Waals surface area contributed by atoms with Crippen LogP contribution in [0.3, 0.4) is 0 Å². The summed E-state index contributed by atoms with van der Waals surface area (Å²) in [5, 5.41) is 1.21. The Labute approximate surface area is 133 Å². The summed E-state index contributed by atoms with van der Waals surface area (Å²) in [7, 11) is 0. The molecule has 0 radical (unpaired) electrons. The van der Waals surface area contributed by atoms with Crippen LogP contribution in [0.2, 0.25) is 5.02 Å². The highest BCUT2D eigenvalue weighted by Gasteiger charge is 2.11. The van der Waals surface area contributed by atoms with Crippen molar-refractivity contribution in [2.75, 3.05) is 6.54 Å². The first-order chi connectivity index (χ1) is 10.1. The van der Waals surface area contributed by atoms with Crippen molar-refractivity contribution in [3.8, 4) is 0 Å². The summed E-state index contributed by atoms with van der Waals surface area (Å²) in [6.07, 6.45) is 2.47. The third kappa shape index (κ3) is 4.33. The summed E-state index contributed by atoms with van der Waals surface area (Å²) in [6, 6.07) is 7.27. The van der Waals surface area contributed by atoms with Crippen LogP contribution in [0.5, 0.6) is 0 Å². The van der Waals surface area contributed by atoms with Crippen molar-refractivity contribution in [1.82, 2.24) is 9.97 Å². The van der Waals surface area contributed by atoms with E-state index in [4.69, 9.17) is 17.3 Å². The maximum atomic E-state index is 11.7. The van der Waals surface area contributed by atoms with Crippen molar-refractivity contribution in [2.24, 2.45) is 5.73 Å². The second-order valence-electron chi connectivity index (χ2n) is 4.66. The van der Waals surface area contributed by atoms with Crippen LogP contribution in [0.15, 0.2) is 39.1 Å². The van der Waals surface area contributed by atoms with Crippen molar-refractivity contribution in [3.05, 3.63) is 50.9 Å². The normalized spacial score (nSPS) is 10.8. The average Bonchev–Trinajstić information content (AvgIpc) is 2.43. The number of hydrogen-bond acceptors (Lipinski definition) is 4. The van der Waals surface area contributed by atoms with E-state index in [1.54, 1.807) is 6.07 Å². The molecule has 1 heterocycles. The van der Waals surface area contributed by atoms with Crippen LogP contribution in [0.1, 0.15) is 24.6 Å². The number of nitrogens with two attached hydrogens (primary N) is 1. The zero-order valence-electron chi connectivity index (χ0n) is 11.9. The monoisotopic (exact) mass is 323 g/mol. The number of nitrogens with zero attached hydrogens (tertiary/aromatic N) is 1. The fraction of sp³-hybridized carbons (Fsp3) is 0.333. The number of hydrogen-bond donors (Lipinski definition) is 2. The number of halogens is 1. The molecule has 0 bridgehead atoms. The van der Waals surface area contributed by atoms with Crippen LogP contribution in [0, 0.1) is 0 Å². The van der Waals surface area contributed by atoms with Gasteiger partial charge in [0.25, 0.3) is 5.56 Å². The molecule has 112 valence electrons. The van der Waals surface area contributed by atoms with E-state index in [9.17, 15) is 4.79 Å². The molecule has 2 aromatic rings. The molecular weight excluding hydrogens is 306 g/mol. The number of aromatic nitrogens is 2. The second kappa shape index (κ2) is 7.64. The summed E-state index contributed by atoms with van der Waals surface area (Å²) < 4.78 is 0. The summed E-state index contributed by atoms with van der Waals surface area (Å²) in [6.45, 7) is 2.61. The van der Waals surface area contributed by atoms with E-state index >= 15 is 0 Å². The van der Waals surface area contributed by atoms with Crippen molar-refractivity contribution in [1.29, 1.82) is 0 Å². The first kappa shape index (κ1) is 16.1. The van der Waals surface area contributed by atoms with Crippen LogP contribution in [-0.2, 0) is 12.8 Å². The van der Waals surface area contributed by atoms with Gasteiger partial charge < -0.3 is 10.7 Å². The first-order valence-electron chi connectivity index (χ1n) is 6.89. The van der Waals surface area contributed by atoms with Crippen molar-refractivity contribution in [3.63, 3.8) is 0 Å². The number of aryl methyl sites for hydroxylation is 1. The molecule has 3 N–H and O–H groups in total.